The monoisotopic (exact) mass is 304 g/mol. The molecule has 4 rings (SSSR count). The molecule has 0 aliphatic heterocycles. The van der Waals surface area contributed by atoms with Gasteiger partial charge in [0.25, 0.3) is 0 Å². The van der Waals surface area contributed by atoms with E-state index in [1.165, 1.54) is 12.1 Å². The number of hydrogen-bond acceptors (Lipinski definition) is 3. The van der Waals surface area contributed by atoms with E-state index >= 15 is 0 Å². The number of anilines is 2. The van der Waals surface area contributed by atoms with Crippen molar-refractivity contribution in [2.75, 3.05) is 5.32 Å². The predicted octanol–water partition coefficient (Wildman–Crippen LogP) is 4.28. The minimum absolute atomic E-state index is 0.256. The summed E-state index contributed by atoms with van der Waals surface area (Å²) in [6.07, 6.45) is 1.84. The van der Waals surface area contributed by atoms with Gasteiger partial charge in [0, 0.05) is 17.4 Å². The fourth-order valence-electron chi connectivity index (χ4n) is 2.46. The van der Waals surface area contributed by atoms with Gasteiger partial charge in [0.1, 0.15) is 5.82 Å². The van der Waals surface area contributed by atoms with Gasteiger partial charge in [0.2, 0.25) is 5.95 Å². The molecule has 0 aliphatic carbocycles. The topological polar surface area (TPSA) is 42.2 Å². The van der Waals surface area contributed by atoms with Crippen LogP contribution >= 0.6 is 0 Å². The lowest BCUT2D eigenvalue weighted by Gasteiger charge is -2.02. The lowest BCUT2D eigenvalue weighted by atomic mass is 10.1. The summed E-state index contributed by atoms with van der Waals surface area (Å²) in [5, 5.41) is 7.61. The van der Waals surface area contributed by atoms with Crippen LogP contribution in [0, 0.1) is 5.82 Å². The zero-order valence-electron chi connectivity index (χ0n) is 12.1. The number of halogens is 1. The molecule has 2 heterocycles. The molecule has 0 unspecified atom stereocenters. The van der Waals surface area contributed by atoms with Gasteiger partial charge in [0.15, 0.2) is 5.65 Å². The maximum atomic E-state index is 13.1. The van der Waals surface area contributed by atoms with Crippen molar-refractivity contribution < 1.29 is 4.39 Å². The molecule has 112 valence electrons. The van der Waals surface area contributed by atoms with Gasteiger partial charge in [0.05, 0.1) is 0 Å². The molecular weight excluding hydrogens is 291 g/mol. The SMILES string of the molecule is Fc1ccc(-c2cccn3nc(Nc4ccccc4)nc23)cc1. The summed E-state index contributed by atoms with van der Waals surface area (Å²) >= 11 is 0. The van der Waals surface area contributed by atoms with Crippen LogP contribution < -0.4 is 5.32 Å². The third-order valence-electron chi connectivity index (χ3n) is 3.55. The largest absolute Gasteiger partial charge is 0.323 e. The van der Waals surface area contributed by atoms with Gasteiger partial charge in [-0.25, -0.2) is 8.91 Å². The summed E-state index contributed by atoms with van der Waals surface area (Å²) in [4.78, 5) is 4.55. The first kappa shape index (κ1) is 13.5. The Bertz CT molecular complexity index is 946. The van der Waals surface area contributed by atoms with Crippen LogP contribution in [0.5, 0.6) is 0 Å². The molecule has 4 nitrogen and oxygen atoms in total. The second kappa shape index (κ2) is 5.53. The molecule has 0 fully saturated rings. The Morgan fingerprint density at radius 3 is 2.43 bits per heavy atom. The van der Waals surface area contributed by atoms with Crippen molar-refractivity contribution in [2.24, 2.45) is 0 Å². The molecule has 0 radical (unpaired) electrons. The van der Waals surface area contributed by atoms with Gasteiger partial charge < -0.3 is 5.32 Å². The second-order valence-electron chi connectivity index (χ2n) is 5.12. The molecular formula is C18H13FN4. The first-order chi connectivity index (χ1) is 11.3. The number of nitrogens with one attached hydrogen (secondary N) is 1. The van der Waals surface area contributed by atoms with Crippen LogP contribution in [0.25, 0.3) is 16.8 Å². The van der Waals surface area contributed by atoms with Crippen LogP contribution in [0.1, 0.15) is 0 Å². The number of aromatic nitrogens is 3. The van der Waals surface area contributed by atoms with Gasteiger partial charge >= 0.3 is 0 Å². The molecule has 1 N–H and O–H groups in total. The van der Waals surface area contributed by atoms with Crippen molar-refractivity contribution in [3.63, 3.8) is 0 Å². The molecule has 0 amide bonds. The fourth-order valence-corrected chi connectivity index (χ4v) is 2.46. The van der Waals surface area contributed by atoms with Crippen LogP contribution in [-0.2, 0) is 0 Å². The Kier molecular flexibility index (Phi) is 3.24. The first-order valence-electron chi connectivity index (χ1n) is 7.23. The molecule has 0 saturated heterocycles. The summed E-state index contributed by atoms with van der Waals surface area (Å²) in [6.45, 7) is 0. The molecule has 4 aromatic rings. The summed E-state index contributed by atoms with van der Waals surface area (Å²) in [5.41, 5.74) is 3.45. The number of fused-ring (bicyclic) bond motifs is 1. The fraction of sp³-hybridized carbons (Fsp3) is 0. The van der Waals surface area contributed by atoms with Crippen molar-refractivity contribution in [2.45, 2.75) is 0 Å². The first-order valence-corrected chi connectivity index (χ1v) is 7.23. The van der Waals surface area contributed by atoms with E-state index < -0.39 is 0 Å². The highest BCUT2D eigenvalue weighted by Gasteiger charge is 2.09. The number of rotatable bonds is 3. The van der Waals surface area contributed by atoms with E-state index in [-0.39, 0.29) is 5.82 Å². The summed E-state index contributed by atoms with van der Waals surface area (Å²) in [6, 6.07) is 20.0. The highest BCUT2D eigenvalue weighted by atomic mass is 19.1. The van der Waals surface area contributed by atoms with E-state index in [4.69, 9.17) is 0 Å². The minimum atomic E-state index is -0.256. The smallest absolute Gasteiger partial charge is 0.247 e. The normalized spacial score (nSPS) is 10.8. The lowest BCUT2D eigenvalue weighted by molar-refractivity contribution is 0.628. The number of hydrogen-bond donors (Lipinski definition) is 1. The minimum Gasteiger partial charge on any atom is -0.323 e. The molecule has 2 aromatic heterocycles. The third-order valence-corrected chi connectivity index (χ3v) is 3.55. The second-order valence-corrected chi connectivity index (χ2v) is 5.12. The van der Waals surface area contributed by atoms with Gasteiger partial charge in [-0.3, -0.25) is 0 Å². The molecule has 0 aliphatic rings. The van der Waals surface area contributed by atoms with Gasteiger partial charge in [-0.2, -0.15) is 4.98 Å². The van der Waals surface area contributed by atoms with E-state index in [1.54, 1.807) is 16.6 Å². The van der Waals surface area contributed by atoms with Gasteiger partial charge in [-0.15, -0.1) is 5.10 Å². The summed E-state index contributed by atoms with van der Waals surface area (Å²) < 4.78 is 14.8. The van der Waals surface area contributed by atoms with E-state index in [1.807, 2.05) is 48.7 Å². The Balaban J connectivity index is 1.77. The molecule has 23 heavy (non-hydrogen) atoms. The zero-order valence-corrected chi connectivity index (χ0v) is 12.1. The quantitative estimate of drug-likeness (QED) is 0.614. The van der Waals surface area contributed by atoms with Crippen molar-refractivity contribution >= 4 is 17.3 Å². The van der Waals surface area contributed by atoms with Crippen molar-refractivity contribution in [1.82, 2.24) is 14.6 Å². The van der Waals surface area contributed by atoms with E-state index in [0.717, 1.165) is 22.5 Å². The maximum Gasteiger partial charge on any atom is 0.247 e. The van der Waals surface area contributed by atoms with Crippen molar-refractivity contribution in [3.8, 4) is 11.1 Å². The van der Waals surface area contributed by atoms with Crippen molar-refractivity contribution in [1.29, 1.82) is 0 Å². The lowest BCUT2D eigenvalue weighted by Crippen LogP contribution is -1.92. The standard InChI is InChI=1S/C18H13FN4/c19-14-10-8-13(9-11-14)16-7-4-12-23-17(16)21-18(22-23)20-15-5-2-1-3-6-15/h1-12H,(H,20,22). The van der Waals surface area contributed by atoms with E-state index in [0.29, 0.717) is 5.95 Å². The molecule has 0 saturated carbocycles. The Morgan fingerprint density at radius 1 is 0.870 bits per heavy atom. The third kappa shape index (κ3) is 2.64. The van der Waals surface area contributed by atoms with Crippen LogP contribution in [0.4, 0.5) is 16.0 Å². The summed E-state index contributed by atoms with van der Waals surface area (Å²) in [5.74, 6) is 0.263. The Labute approximate surface area is 132 Å². The van der Waals surface area contributed by atoms with Gasteiger partial charge in [-0.1, -0.05) is 30.3 Å². The van der Waals surface area contributed by atoms with Gasteiger partial charge in [-0.05, 0) is 42.0 Å². The highest BCUT2D eigenvalue weighted by Crippen LogP contribution is 2.25. The Hall–Kier alpha value is -3.21. The van der Waals surface area contributed by atoms with E-state index in [2.05, 4.69) is 15.4 Å². The zero-order chi connectivity index (χ0) is 15.6. The predicted molar refractivity (Wildman–Crippen MR) is 88.1 cm³/mol. The highest BCUT2D eigenvalue weighted by molar-refractivity contribution is 5.78. The maximum absolute atomic E-state index is 13.1. The number of nitrogens with zero attached hydrogens (tertiary/aromatic N) is 3. The molecule has 0 atom stereocenters. The summed E-state index contributed by atoms with van der Waals surface area (Å²) in [7, 11) is 0. The van der Waals surface area contributed by atoms with Crippen LogP contribution in [0.15, 0.2) is 72.9 Å². The molecule has 0 spiro atoms. The number of para-hydroxylation sites is 1. The average molecular weight is 304 g/mol. The van der Waals surface area contributed by atoms with Crippen LogP contribution in [-0.4, -0.2) is 14.6 Å². The number of benzene rings is 2. The Morgan fingerprint density at radius 2 is 1.65 bits per heavy atom. The average Bonchev–Trinajstić information content (AvgIpc) is 2.99. The molecule has 2 aromatic carbocycles. The van der Waals surface area contributed by atoms with Crippen LogP contribution in [0.3, 0.4) is 0 Å². The van der Waals surface area contributed by atoms with Crippen molar-refractivity contribution in [3.05, 3.63) is 78.7 Å². The van der Waals surface area contributed by atoms with E-state index in [9.17, 15) is 4.39 Å². The molecule has 5 heteroatoms. The molecule has 0 bridgehead atoms. The number of pyridine rings is 1. The van der Waals surface area contributed by atoms with Crippen LogP contribution in [0.2, 0.25) is 0 Å².